The van der Waals surface area contributed by atoms with Crippen LogP contribution in [0.4, 0.5) is 0 Å². The third-order valence-electron chi connectivity index (χ3n) is 3.28. The third-order valence-corrected chi connectivity index (χ3v) is 3.28. The Labute approximate surface area is 126 Å². The topological polar surface area (TPSA) is 59.6 Å². The van der Waals surface area contributed by atoms with E-state index in [0.717, 1.165) is 26.2 Å². The fourth-order valence-corrected chi connectivity index (χ4v) is 2.19. The quantitative estimate of drug-likeness (QED) is 0.467. The van der Waals surface area contributed by atoms with Gasteiger partial charge in [0.1, 0.15) is 0 Å². The van der Waals surface area contributed by atoms with Crippen LogP contribution in [-0.2, 0) is 11.3 Å². The summed E-state index contributed by atoms with van der Waals surface area (Å²) in [5.74, 6) is 0.486. The van der Waals surface area contributed by atoms with Crippen LogP contribution in [0.2, 0.25) is 0 Å². The summed E-state index contributed by atoms with van der Waals surface area (Å²) in [6.45, 7) is 4.87. The van der Waals surface area contributed by atoms with E-state index in [9.17, 15) is 0 Å². The van der Waals surface area contributed by atoms with Crippen LogP contribution >= 0.6 is 0 Å². The molecule has 0 aliphatic carbocycles. The van der Waals surface area contributed by atoms with E-state index in [4.69, 9.17) is 10.5 Å². The normalized spacial score (nSPS) is 11.8. The van der Waals surface area contributed by atoms with Crippen molar-refractivity contribution in [1.29, 1.82) is 0 Å². The maximum absolute atomic E-state index is 5.88. The number of nitrogens with zero attached hydrogens (tertiary/aromatic N) is 1. The summed E-state index contributed by atoms with van der Waals surface area (Å²) in [4.78, 5) is 4.40. The highest BCUT2D eigenvalue weighted by Crippen LogP contribution is 2.18. The number of rotatable bonds is 7. The number of nitrogens with two attached hydrogens (primary N) is 1. The van der Waals surface area contributed by atoms with Crippen LogP contribution < -0.4 is 11.1 Å². The summed E-state index contributed by atoms with van der Waals surface area (Å²) < 4.78 is 5.27. The first-order valence-corrected chi connectivity index (χ1v) is 7.39. The standard InChI is InChI=1S/C17H23N3O/c1-2-21-12-6-11-19-17(18)20-13-15-9-5-8-14-7-3-4-10-16(14)15/h3-5,7-10H,2,6,11-13H2,1H3,(H3,18,19,20). The molecule has 4 nitrogen and oxygen atoms in total. The largest absolute Gasteiger partial charge is 0.382 e. The average molecular weight is 285 g/mol. The Morgan fingerprint density at radius 1 is 1.19 bits per heavy atom. The Kier molecular flexibility index (Phi) is 6.03. The lowest BCUT2D eigenvalue weighted by molar-refractivity contribution is 0.145. The number of hydrogen-bond acceptors (Lipinski definition) is 2. The second kappa shape index (κ2) is 8.27. The van der Waals surface area contributed by atoms with Gasteiger partial charge >= 0.3 is 0 Å². The molecule has 0 aliphatic rings. The second-order valence-electron chi connectivity index (χ2n) is 4.82. The highest BCUT2D eigenvalue weighted by atomic mass is 16.5. The summed E-state index contributed by atoms with van der Waals surface area (Å²) in [6, 6.07) is 14.6. The van der Waals surface area contributed by atoms with Crippen LogP contribution in [0.25, 0.3) is 10.8 Å². The third kappa shape index (κ3) is 4.76. The Morgan fingerprint density at radius 3 is 2.86 bits per heavy atom. The van der Waals surface area contributed by atoms with Crippen molar-refractivity contribution < 1.29 is 4.74 Å². The molecule has 0 radical (unpaired) electrons. The Balaban J connectivity index is 1.90. The van der Waals surface area contributed by atoms with E-state index >= 15 is 0 Å². The first-order valence-electron chi connectivity index (χ1n) is 7.39. The van der Waals surface area contributed by atoms with Gasteiger partial charge < -0.3 is 15.8 Å². The summed E-state index contributed by atoms with van der Waals surface area (Å²) >= 11 is 0. The molecule has 21 heavy (non-hydrogen) atoms. The maximum atomic E-state index is 5.88. The minimum Gasteiger partial charge on any atom is -0.382 e. The molecule has 0 aromatic heterocycles. The molecule has 0 fully saturated rings. The molecule has 0 saturated carbocycles. The summed E-state index contributed by atoms with van der Waals surface area (Å²) in [5, 5.41) is 5.57. The van der Waals surface area contributed by atoms with Crippen LogP contribution in [0.1, 0.15) is 18.9 Å². The SMILES string of the molecule is CCOCCCNC(N)=NCc1cccc2ccccc12. The van der Waals surface area contributed by atoms with Crippen molar-refractivity contribution in [1.82, 2.24) is 5.32 Å². The Morgan fingerprint density at radius 2 is 2.00 bits per heavy atom. The number of benzene rings is 2. The van der Waals surface area contributed by atoms with Gasteiger partial charge in [-0.3, -0.25) is 0 Å². The van der Waals surface area contributed by atoms with Crippen molar-refractivity contribution in [2.24, 2.45) is 10.7 Å². The number of nitrogens with one attached hydrogen (secondary N) is 1. The monoisotopic (exact) mass is 285 g/mol. The zero-order chi connectivity index (χ0) is 14.9. The smallest absolute Gasteiger partial charge is 0.188 e. The lowest BCUT2D eigenvalue weighted by atomic mass is 10.1. The fourth-order valence-electron chi connectivity index (χ4n) is 2.19. The minimum absolute atomic E-state index is 0.486. The number of guanidine groups is 1. The highest BCUT2D eigenvalue weighted by molar-refractivity contribution is 5.86. The van der Waals surface area contributed by atoms with Gasteiger partial charge in [0.2, 0.25) is 0 Å². The molecule has 2 aromatic carbocycles. The van der Waals surface area contributed by atoms with Gasteiger partial charge in [-0.15, -0.1) is 0 Å². The molecule has 2 aromatic rings. The van der Waals surface area contributed by atoms with Crippen LogP contribution in [0.5, 0.6) is 0 Å². The van der Waals surface area contributed by atoms with E-state index in [1.54, 1.807) is 0 Å². The van der Waals surface area contributed by atoms with E-state index in [2.05, 4.69) is 40.6 Å². The minimum atomic E-state index is 0.486. The van der Waals surface area contributed by atoms with Gasteiger partial charge in [0.05, 0.1) is 6.54 Å². The van der Waals surface area contributed by atoms with Gasteiger partial charge in [-0.2, -0.15) is 0 Å². The zero-order valence-corrected chi connectivity index (χ0v) is 12.5. The van der Waals surface area contributed by atoms with Gasteiger partial charge in [-0.1, -0.05) is 42.5 Å². The van der Waals surface area contributed by atoms with Gasteiger partial charge in [0.15, 0.2) is 5.96 Å². The first-order chi connectivity index (χ1) is 10.3. The van der Waals surface area contributed by atoms with Crippen molar-refractivity contribution in [3.05, 3.63) is 48.0 Å². The van der Waals surface area contributed by atoms with Crippen molar-refractivity contribution >= 4 is 16.7 Å². The molecule has 3 N–H and O–H groups in total. The van der Waals surface area contributed by atoms with Crippen molar-refractivity contribution in [3.63, 3.8) is 0 Å². The van der Waals surface area contributed by atoms with Crippen molar-refractivity contribution in [2.45, 2.75) is 19.9 Å². The maximum Gasteiger partial charge on any atom is 0.188 e. The molecule has 0 bridgehead atoms. The van der Waals surface area contributed by atoms with Crippen LogP contribution in [0, 0.1) is 0 Å². The van der Waals surface area contributed by atoms with E-state index in [0.29, 0.717) is 12.5 Å². The molecule has 0 heterocycles. The van der Waals surface area contributed by atoms with E-state index in [-0.39, 0.29) is 0 Å². The summed E-state index contributed by atoms with van der Waals surface area (Å²) in [7, 11) is 0. The number of aliphatic imine (C=N–C) groups is 1. The molecule has 0 spiro atoms. The molecule has 0 saturated heterocycles. The molecule has 4 heteroatoms. The molecular weight excluding hydrogens is 262 g/mol. The van der Waals surface area contributed by atoms with Gasteiger partial charge in [-0.05, 0) is 29.7 Å². The first kappa shape index (κ1) is 15.3. The molecule has 112 valence electrons. The van der Waals surface area contributed by atoms with Crippen LogP contribution in [-0.4, -0.2) is 25.7 Å². The Bertz CT molecular complexity index is 590. The van der Waals surface area contributed by atoms with Gasteiger partial charge in [0.25, 0.3) is 0 Å². The summed E-state index contributed by atoms with van der Waals surface area (Å²) in [6.07, 6.45) is 0.929. The molecular formula is C17H23N3O. The number of ether oxygens (including phenoxy) is 1. The molecule has 0 atom stereocenters. The molecule has 0 amide bonds. The van der Waals surface area contributed by atoms with E-state index < -0.39 is 0 Å². The lowest BCUT2D eigenvalue weighted by Gasteiger charge is -2.07. The summed E-state index contributed by atoms with van der Waals surface area (Å²) in [5.41, 5.74) is 7.07. The van der Waals surface area contributed by atoms with Gasteiger partial charge in [-0.25, -0.2) is 4.99 Å². The van der Waals surface area contributed by atoms with Crippen LogP contribution in [0.15, 0.2) is 47.5 Å². The molecule has 2 rings (SSSR count). The van der Waals surface area contributed by atoms with E-state index in [1.165, 1.54) is 16.3 Å². The zero-order valence-electron chi connectivity index (χ0n) is 12.5. The number of fused-ring (bicyclic) bond motifs is 1. The average Bonchev–Trinajstić information content (AvgIpc) is 2.52. The lowest BCUT2D eigenvalue weighted by Crippen LogP contribution is -2.32. The predicted octanol–water partition coefficient (Wildman–Crippen LogP) is 2.67. The van der Waals surface area contributed by atoms with E-state index in [1.807, 2.05) is 19.1 Å². The fraction of sp³-hybridized carbons (Fsp3) is 0.353. The second-order valence-corrected chi connectivity index (χ2v) is 4.82. The highest BCUT2D eigenvalue weighted by Gasteiger charge is 1.99. The van der Waals surface area contributed by atoms with Gasteiger partial charge in [0, 0.05) is 19.8 Å². The Hall–Kier alpha value is -2.07. The molecule has 0 aliphatic heterocycles. The number of hydrogen-bond donors (Lipinski definition) is 2. The molecule has 0 unspecified atom stereocenters. The van der Waals surface area contributed by atoms with Crippen LogP contribution in [0.3, 0.4) is 0 Å². The predicted molar refractivity (Wildman–Crippen MR) is 88.4 cm³/mol. The van der Waals surface area contributed by atoms with Crippen molar-refractivity contribution in [2.75, 3.05) is 19.8 Å². The van der Waals surface area contributed by atoms with Crippen molar-refractivity contribution in [3.8, 4) is 0 Å².